The van der Waals surface area contributed by atoms with Crippen molar-refractivity contribution in [3.63, 3.8) is 0 Å². The van der Waals surface area contributed by atoms with E-state index in [2.05, 4.69) is 79.8 Å². The van der Waals surface area contributed by atoms with Gasteiger partial charge in [-0.05, 0) is 49.8 Å². The lowest BCUT2D eigenvalue weighted by atomic mass is 9.94. The van der Waals surface area contributed by atoms with Crippen LogP contribution >= 0.6 is 0 Å². The van der Waals surface area contributed by atoms with E-state index in [1.807, 2.05) is 7.05 Å². The monoisotopic (exact) mass is 254 g/mol. The van der Waals surface area contributed by atoms with Gasteiger partial charge in [0.25, 0.3) is 0 Å². The van der Waals surface area contributed by atoms with Gasteiger partial charge in [0.2, 0.25) is 0 Å². The maximum Gasteiger partial charge on any atom is 0.0600 e. The molecular formula is C17H22N2. The summed E-state index contributed by atoms with van der Waals surface area (Å²) in [7, 11) is 6.21. The zero-order chi connectivity index (χ0) is 13.8. The second-order valence-electron chi connectivity index (χ2n) is 5.10. The predicted molar refractivity (Wildman–Crippen MR) is 82.7 cm³/mol. The number of nitrogens with zero attached hydrogens (tertiary/aromatic N) is 1. The van der Waals surface area contributed by atoms with E-state index in [0.717, 1.165) is 5.69 Å². The molecule has 0 aliphatic heterocycles. The van der Waals surface area contributed by atoms with Crippen molar-refractivity contribution in [2.75, 3.05) is 26.5 Å². The molecule has 0 aliphatic rings. The zero-order valence-corrected chi connectivity index (χ0v) is 12.1. The Bertz CT molecular complexity index is 546. The van der Waals surface area contributed by atoms with Gasteiger partial charge in [-0.3, -0.25) is 4.90 Å². The molecule has 0 spiro atoms. The Balaban J connectivity index is 2.49. The van der Waals surface area contributed by atoms with Crippen LogP contribution in [0.15, 0.2) is 48.5 Å². The molecular weight excluding hydrogens is 232 g/mol. The van der Waals surface area contributed by atoms with E-state index in [0.29, 0.717) is 0 Å². The Labute approximate surface area is 116 Å². The van der Waals surface area contributed by atoms with Gasteiger partial charge in [-0.15, -0.1) is 0 Å². The summed E-state index contributed by atoms with van der Waals surface area (Å²) < 4.78 is 0. The van der Waals surface area contributed by atoms with Crippen molar-refractivity contribution in [1.82, 2.24) is 4.90 Å². The van der Waals surface area contributed by atoms with E-state index in [1.165, 1.54) is 16.7 Å². The first kappa shape index (κ1) is 13.6. The Morgan fingerprint density at radius 2 is 1.74 bits per heavy atom. The summed E-state index contributed by atoms with van der Waals surface area (Å²) in [5, 5.41) is 3.21. The Hall–Kier alpha value is -1.80. The van der Waals surface area contributed by atoms with Crippen LogP contribution in [0.2, 0.25) is 0 Å². The fourth-order valence-electron chi connectivity index (χ4n) is 2.51. The van der Waals surface area contributed by atoms with E-state index in [1.54, 1.807) is 0 Å². The molecule has 1 N–H and O–H groups in total. The van der Waals surface area contributed by atoms with Gasteiger partial charge >= 0.3 is 0 Å². The third-order valence-electron chi connectivity index (χ3n) is 3.49. The molecule has 19 heavy (non-hydrogen) atoms. The lowest BCUT2D eigenvalue weighted by molar-refractivity contribution is 0.341. The summed E-state index contributed by atoms with van der Waals surface area (Å²) in [6.45, 7) is 2.17. The Morgan fingerprint density at radius 3 is 2.37 bits per heavy atom. The van der Waals surface area contributed by atoms with Gasteiger partial charge in [0, 0.05) is 12.7 Å². The largest absolute Gasteiger partial charge is 0.388 e. The lowest BCUT2D eigenvalue weighted by Crippen LogP contribution is -2.22. The average molecular weight is 254 g/mol. The number of nitrogens with one attached hydrogen (secondary N) is 1. The molecule has 0 saturated heterocycles. The number of benzene rings is 2. The number of aryl methyl sites for hydroxylation is 1. The molecule has 2 rings (SSSR count). The number of hydrogen-bond acceptors (Lipinski definition) is 2. The molecule has 1 atom stereocenters. The first-order valence-electron chi connectivity index (χ1n) is 6.63. The maximum atomic E-state index is 3.21. The van der Waals surface area contributed by atoms with Crippen LogP contribution in [0, 0.1) is 6.92 Å². The summed E-state index contributed by atoms with van der Waals surface area (Å²) in [5.41, 5.74) is 5.15. The normalized spacial score (nSPS) is 12.5. The van der Waals surface area contributed by atoms with E-state index in [9.17, 15) is 0 Å². The van der Waals surface area contributed by atoms with E-state index in [-0.39, 0.29) is 6.04 Å². The minimum atomic E-state index is 0.287. The van der Waals surface area contributed by atoms with Crippen LogP contribution in [0.5, 0.6) is 0 Å². The van der Waals surface area contributed by atoms with Crippen molar-refractivity contribution in [2.24, 2.45) is 0 Å². The van der Waals surface area contributed by atoms with Crippen molar-refractivity contribution >= 4 is 5.69 Å². The van der Waals surface area contributed by atoms with Gasteiger partial charge in [0.05, 0.1) is 6.04 Å². The quantitative estimate of drug-likeness (QED) is 0.895. The van der Waals surface area contributed by atoms with E-state index >= 15 is 0 Å². The molecule has 2 heteroatoms. The van der Waals surface area contributed by atoms with Crippen LogP contribution in [-0.2, 0) is 0 Å². The third-order valence-corrected chi connectivity index (χ3v) is 3.49. The highest BCUT2D eigenvalue weighted by molar-refractivity contribution is 5.48. The molecule has 0 amide bonds. The second-order valence-corrected chi connectivity index (χ2v) is 5.10. The molecule has 0 aromatic heterocycles. The molecule has 0 radical (unpaired) electrons. The summed E-state index contributed by atoms with van der Waals surface area (Å²) in [5.74, 6) is 0. The minimum absolute atomic E-state index is 0.287. The molecule has 1 unspecified atom stereocenters. The first-order valence-corrected chi connectivity index (χ1v) is 6.63. The molecule has 2 nitrogen and oxygen atoms in total. The van der Waals surface area contributed by atoms with Crippen molar-refractivity contribution < 1.29 is 0 Å². The molecule has 0 heterocycles. The molecule has 0 bridgehead atoms. The summed E-state index contributed by atoms with van der Waals surface area (Å²) in [4.78, 5) is 2.26. The minimum Gasteiger partial charge on any atom is -0.388 e. The SMILES string of the molecule is CNc1cccc(C(c2ccccc2C)N(C)C)c1. The van der Waals surface area contributed by atoms with Crippen LogP contribution in [0.25, 0.3) is 0 Å². The zero-order valence-electron chi connectivity index (χ0n) is 12.1. The molecule has 100 valence electrons. The summed E-state index contributed by atoms with van der Waals surface area (Å²) in [6, 6.07) is 17.5. The number of rotatable bonds is 4. The molecule has 2 aromatic carbocycles. The molecule has 0 fully saturated rings. The molecule has 2 aromatic rings. The van der Waals surface area contributed by atoms with Crippen LogP contribution in [0.1, 0.15) is 22.7 Å². The number of hydrogen-bond donors (Lipinski definition) is 1. The van der Waals surface area contributed by atoms with Gasteiger partial charge in [0.1, 0.15) is 0 Å². The van der Waals surface area contributed by atoms with Gasteiger partial charge in [-0.2, -0.15) is 0 Å². The summed E-state index contributed by atoms with van der Waals surface area (Å²) >= 11 is 0. The Kier molecular flexibility index (Phi) is 4.23. The summed E-state index contributed by atoms with van der Waals surface area (Å²) in [6.07, 6.45) is 0. The van der Waals surface area contributed by atoms with Crippen LogP contribution < -0.4 is 5.32 Å². The van der Waals surface area contributed by atoms with Gasteiger partial charge < -0.3 is 5.32 Å². The molecule has 0 saturated carbocycles. The molecule has 0 aliphatic carbocycles. The first-order chi connectivity index (χ1) is 9.13. The average Bonchev–Trinajstić information content (AvgIpc) is 2.41. The predicted octanol–water partition coefficient (Wildman–Crippen LogP) is 3.69. The Morgan fingerprint density at radius 1 is 1.00 bits per heavy atom. The number of anilines is 1. The third kappa shape index (κ3) is 2.96. The van der Waals surface area contributed by atoms with Crippen molar-refractivity contribution in [2.45, 2.75) is 13.0 Å². The van der Waals surface area contributed by atoms with E-state index < -0.39 is 0 Å². The second kappa shape index (κ2) is 5.89. The van der Waals surface area contributed by atoms with Crippen LogP contribution in [0.4, 0.5) is 5.69 Å². The van der Waals surface area contributed by atoms with Crippen molar-refractivity contribution in [3.8, 4) is 0 Å². The van der Waals surface area contributed by atoms with Crippen molar-refractivity contribution in [3.05, 3.63) is 65.2 Å². The fraction of sp³-hybridized carbons (Fsp3) is 0.294. The van der Waals surface area contributed by atoms with Gasteiger partial charge in [-0.1, -0.05) is 36.4 Å². The highest BCUT2D eigenvalue weighted by Crippen LogP contribution is 2.30. The smallest absolute Gasteiger partial charge is 0.0600 e. The van der Waals surface area contributed by atoms with E-state index in [4.69, 9.17) is 0 Å². The lowest BCUT2D eigenvalue weighted by Gasteiger charge is -2.27. The van der Waals surface area contributed by atoms with Crippen LogP contribution in [-0.4, -0.2) is 26.0 Å². The topological polar surface area (TPSA) is 15.3 Å². The van der Waals surface area contributed by atoms with Crippen LogP contribution in [0.3, 0.4) is 0 Å². The van der Waals surface area contributed by atoms with Gasteiger partial charge in [0.15, 0.2) is 0 Å². The fourth-order valence-corrected chi connectivity index (χ4v) is 2.51. The van der Waals surface area contributed by atoms with Gasteiger partial charge in [-0.25, -0.2) is 0 Å². The standard InChI is InChI=1S/C17H22N2/c1-13-8-5-6-11-16(13)17(19(3)4)14-9-7-10-15(12-14)18-2/h5-12,17-18H,1-4H3. The highest BCUT2D eigenvalue weighted by atomic mass is 15.1. The highest BCUT2D eigenvalue weighted by Gasteiger charge is 2.18. The maximum absolute atomic E-state index is 3.21. The van der Waals surface area contributed by atoms with Crippen molar-refractivity contribution in [1.29, 1.82) is 0 Å².